The van der Waals surface area contributed by atoms with Gasteiger partial charge in [-0.15, -0.1) is 0 Å². The van der Waals surface area contributed by atoms with Gasteiger partial charge in [0.1, 0.15) is 0 Å². The van der Waals surface area contributed by atoms with Crippen LogP contribution in [0, 0.1) is 5.41 Å². The Labute approximate surface area is 92.2 Å². The molecule has 0 aromatic carbocycles. The Hall–Kier alpha value is -0.610. The Morgan fingerprint density at radius 3 is 2.60 bits per heavy atom. The van der Waals surface area contributed by atoms with E-state index in [4.69, 9.17) is 5.73 Å². The first-order chi connectivity index (χ1) is 7.16. The first-order valence-corrected chi connectivity index (χ1v) is 5.76. The highest BCUT2D eigenvalue weighted by Gasteiger charge is 2.44. The largest absolute Gasteiger partial charge is 0.345 e. The molecule has 0 unspecified atom stereocenters. The molecule has 1 saturated carbocycles. The van der Waals surface area contributed by atoms with Crippen LogP contribution in [-0.2, 0) is 4.79 Å². The molecule has 0 atom stereocenters. The van der Waals surface area contributed by atoms with Crippen molar-refractivity contribution >= 4 is 5.91 Å². The maximum Gasteiger partial charge on any atom is 0.229 e. The van der Waals surface area contributed by atoms with Crippen LogP contribution in [-0.4, -0.2) is 44.5 Å². The molecule has 0 heterocycles. The second-order valence-corrected chi connectivity index (χ2v) is 4.52. The summed E-state index contributed by atoms with van der Waals surface area (Å²) in [5.41, 5.74) is 5.49. The van der Waals surface area contributed by atoms with Gasteiger partial charge in [-0.3, -0.25) is 4.79 Å². The number of carbonyl (C=O) groups is 1. The minimum Gasteiger partial charge on any atom is -0.345 e. The molecule has 1 fully saturated rings. The maximum absolute atomic E-state index is 12.1. The van der Waals surface area contributed by atoms with Gasteiger partial charge in [0.2, 0.25) is 5.91 Å². The predicted octanol–water partition coefficient (Wildman–Crippen LogP) is 0.183. The first kappa shape index (κ1) is 12.5. The number of nitrogens with zero attached hydrogens (tertiary/aromatic N) is 1. The fourth-order valence-corrected chi connectivity index (χ4v) is 2.11. The van der Waals surface area contributed by atoms with E-state index < -0.39 is 0 Å². The van der Waals surface area contributed by atoms with E-state index in [9.17, 15) is 4.79 Å². The second kappa shape index (κ2) is 5.47. The van der Waals surface area contributed by atoms with Gasteiger partial charge in [-0.05, 0) is 32.9 Å². The van der Waals surface area contributed by atoms with Crippen molar-refractivity contribution < 1.29 is 4.79 Å². The van der Waals surface area contributed by atoms with Crippen molar-refractivity contribution in [3.8, 4) is 0 Å². The summed E-state index contributed by atoms with van der Waals surface area (Å²) in [7, 11) is 3.81. The van der Waals surface area contributed by atoms with Crippen LogP contribution < -0.4 is 11.1 Å². The molecule has 15 heavy (non-hydrogen) atoms. The van der Waals surface area contributed by atoms with Crippen LogP contribution in [0.1, 0.15) is 25.7 Å². The summed E-state index contributed by atoms with van der Waals surface area (Å²) in [6.07, 6.45) is 4.09. The van der Waals surface area contributed by atoms with Gasteiger partial charge in [0, 0.05) is 20.1 Å². The highest BCUT2D eigenvalue weighted by Crippen LogP contribution is 2.41. The zero-order chi connectivity index (χ0) is 11.3. The lowest BCUT2D eigenvalue weighted by atomic mass is 9.68. The normalized spacial score (nSPS) is 18.3. The Kier molecular flexibility index (Phi) is 4.54. The van der Waals surface area contributed by atoms with E-state index >= 15 is 0 Å². The van der Waals surface area contributed by atoms with Crippen LogP contribution in [0.5, 0.6) is 0 Å². The van der Waals surface area contributed by atoms with Gasteiger partial charge in [0.05, 0.1) is 5.41 Å². The molecule has 0 bridgehead atoms. The van der Waals surface area contributed by atoms with E-state index in [1.807, 2.05) is 19.0 Å². The zero-order valence-corrected chi connectivity index (χ0v) is 9.88. The smallest absolute Gasteiger partial charge is 0.229 e. The van der Waals surface area contributed by atoms with Crippen molar-refractivity contribution in [2.45, 2.75) is 25.7 Å². The maximum atomic E-state index is 12.1. The van der Waals surface area contributed by atoms with Gasteiger partial charge in [-0.25, -0.2) is 0 Å². The summed E-state index contributed by atoms with van der Waals surface area (Å²) in [5, 5.41) is 3.08. The molecule has 1 aliphatic carbocycles. The fraction of sp³-hybridized carbons (Fsp3) is 0.909. The summed E-state index contributed by atoms with van der Waals surface area (Å²) in [6.45, 7) is 2.27. The summed E-state index contributed by atoms with van der Waals surface area (Å²) in [6, 6.07) is 0. The monoisotopic (exact) mass is 213 g/mol. The minimum absolute atomic E-state index is 0.214. The molecule has 0 spiro atoms. The molecule has 0 aromatic rings. The van der Waals surface area contributed by atoms with Crippen molar-refractivity contribution in [3.63, 3.8) is 0 Å². The lowest BCUT2D eigenvalue weighted by Gasteiger charge is -2.41. The van der Waals surface area contributed by atoms with Crippen LogP contribution in [0.3, 0.4) is 0 Å². The first-order valence-electron chi connectivity index (χ1n) is 5.76. The Balaban J connectivity index is 2.37. The second-order valence-electron chi connectivity index (χ2n) is 4.52. The van der Waals surface area contributed by atoms with Crippen molar-refractivity contribution in [3.05, 3.63) is 0 Å². The van der Waals surface area contributed by atoms with Crippen LogP contribution in [0.4, 0.5) is 0 Å². The number of rotatable bonds is 6. The van der Waals surface area contributed by atoms with Gasteiger partial charge < -0.3 is 16.0 Å². The molecule has 3 N–H and O–H groups in total. The summed E-state index contributed by atoms with van der Waals surface area (Å²) in [5.74, 6) is 0.243. The molecule has 4 heteroatoms. The molecule has 0 aromatic heterocycles. The molecule has 1 amide bonds. The van der Waals surface area contributed by atoms with Crippen LogP contribution in [0.15, 0.2) is 0 Å². The number of nitrogens with two attached hydrogens (primary N) is 1. The standard InChI is InChI=1S/C11H23N3O/c1-13-7-4-8-14(2)10(15)11(9-12)5-3-6-11/h13H,3-9,12H2,1-2H3. The van der Waals surface area contributed by atoms with E-state index in [0.717, 1.165) is 38.8 Å². The van der Waals surface area contributed by atoms with Crippen LogP contribution in [0.2, 0.25) is 0 Å². The van der Waals surface area contributed by atoms with E-state index in [-0.39, 0.29) is 11.3 Å². The van der Waals surface area contributed by atoms with Crippen LogP contribution >= 0.6 is 0 Å². The Bertz CT molecular complexity index is 208. The van der Waals surface area contributed by atoms with Gasteiger partial charge in [0.25, 0.3) is 0 Å². The zero-order valence-electron chi connectivity index (χ0n) is 9.88. The molecule has 0 radical (unpaired) electrons. The molecule has 1 aliphatic rings. The lowest BCUT2D eigenvalue weighted by Crippen LogP contribution is -2.51. The third-order valence-electron chi connectivity index (χ3n) is 3.42. The lowest BCUT2D eigenvalue weighted by molar-refractivity contribution is -0.145. The van der Waals surface area contributed by atoms with E-state index in [0.29, 0.717) is 6.54 Å². The highest BCUT2D eigenvalue weighted by atomic mass is 16.2. The summed E-state index contributed by atoms with van der Waals surface area (Å²) in [4.78, 5) is 13.9. The van der Waals surface area contributed by atoms with Crippen molar-refractivity contribution in [1.29, 1.82) is 0 Å². The van der Waals surface area contributed by atoms with Crippen LogP contribution in [0.25, 0.3) is 0 Å². The van der Waals surface area contributed by atoms with Gasteiger partial charge in [-0.1, -0.05) is 6.42 Å². The third kappa shape index (κ3) is 2.69. The average Bonchev–Trinajstić information content (AvgIpc) is 2.17. The van der Waals surface area contributed by atoms with Gasteiger partial charge in [-0.2, -0.15) is 0 Å². The SMILES string of the molecule is CNCCCN(C)C(=O)C1(CN)CCC1. The number of hydrogen-bond acceptors (Lipinski definition) is 3. The molecular weight excluding hydrogens is 190 g/mol. The van der Waals surface area contributed by atoms with Gasteiger partial charge in [0.15, 0.2) is 0 Å². The molecular formula is C11H23N3O. The van der Waals surface area contributed by atoms with Crippen molar-refractivity contribution in [2.24, 2.45) is 11.1 Å². The van der Waals surface area contributed by atoms with E-state index in [2.05, 4.69) is 5.32 Å². The predicted molar refractivity (Wildman–Crippen MR) is 61.5 cm³/mol. The Morgan fingerprint density at radius 1 is 1.53 bits per heavy atom. The number of nitrogens with one attached hydrogen (secondary N) is 1. The minimum atomic E-state index is -0.214. The third-order valence-corrected chi connectivity index (χ3v) is 3.42. The highest BCUT2D eigenvalue weighted by molar-refractivity contribution is 5.83. The molecule has 1 rings (SSSR count). The number of hydrogen-bond donors (Lipinski definition) is 2. The summed E-state index contributed by atoms with van der Waals surface area (Å²) >= 11 is 0. The van der Waals surface area contributed by atoms with Gasteiger partial charge >= 0.3 is 0 Å². The summed E-state index contributed by atoms with van der Waals surface area (Å²) < 4.78 is 0. The van der Waals surface area contributed by atoms with Crippen molar-refractivity contribution in [2.75, 3.05) is 33.7 Å². The van der Waals surface area contributed by atoms with E-state index in [1.165, 1.54) is 0 Å². The molecule has 0 aliphatic heterocycles. The Morgan fingerprint density at radius 2 is 2.20 bits per heavy atom. The topological polar surface area (TPSA) is 58.4 Å². The molecule has 4 nitrogen and oxygen atoms in total. The van der Waals surface area contributed by atoms with Crippen molar-refractivity contribution in [1.82, 2.24) is 10.2 Å². The quantitative estimate of drug-likeness (QED) is 0.619. The molecule has 0 saturated heterocycles. The molecule has 88 valence electrons. The number of carbonyl (C=O) groups excluding carboxylic acids is 1. The fourth-order valence-electron chi connectivity index (χ4n) is 2.11. The van der Waals surface area contributed by atoms with E-state index in [1.54, 1.807) is 0 Å². The average molecular weight is 213 g/mol. The number of amides is 1.